The van der Waals surface area contributed by atoms with Crippen LogP contribution in [0, 0.1) is 5.92 Å². The Balaban J connectivity index is 1.34. The van der Waals surface area contributed by atoms with Crippen molar-refractivity contribution in [3.05, 3.63) is 60.2 Å². The highest BCUT2D eigenvalue weighted by atomic mass is 16.5. The third-order valence-corrected chi connectivity index (χ3v) is 5.40. The number of amides is 2. The maximum absolute atomic E-state index is 12.3. The minimum Gasteiger partial charge on any atom is -0.484 e. The molecule has 1 aliphatic carbocycles. The average Bonchev–Trinajstić information content (AvgIpc) is 3.59. The van der Waals surface area contributed by atoms with Crippen molar-refractivity contribution < 1.29 is 24.2 Å². The number of benzene rings is 2. The monoisotopic (exact) mass is 410 g/mol. The summed E-state index contributed by atoms with van der Waals surface area (Å²) in [5, 5.41) is 13.6. The summed E-state index contributed by atoms with van der Waals surface area (Å²) in [6.45, 7) is 0.979. The van der Waals surface area contributed by atoms with E-state index in [0.717, 1.165) is 12.8 Å². The number of nitrogens with one attached hydrogen (secondary N) is 1. The highest BCUT2D eigenvalue weighted by molar-refractivity contribution is 5.91. The fourth-order valence-electron chi connectivity index (χ4n) is 3.55. The Labute approximate surface area is 175 Å². The number of rotatable bonds is 8. The number of aliphatic hydroxyl groups is 1. The lowest BCUT2D eigenvalue weighted by Crippen LogP contribution is -2.52. The molecule has 0 radical (unpaired) electrons. The van der Waals surface area contributed by atoms with Gasteiger partial charge in [-0.05, 0) is 48.6 Å². The Morgan fingerprint density at radius 2 is 1.90 bits per heavy atom. The number of hydrogen-bond donors (Lipinski definition) is 2. The first-order valence-corrected chi connectivity index (χ1v) is 10.2. The number of carbonyl (C=O) groups is 2. The predicted molar refractivity (Wildman–Crippen MR) is 111 cm³/mol. The van der Waals surface area contributed by atoms with Gasteiger partial charge in [0.1, 0.15) is 18.5 Å². The van der Waals surface area contributed by atoms with Crippen LogP contribution in [0.4, 0.5) is 5.69 Å². The molecule has 1 aliphatic heterocycles. The summed E-state index contributed by atoms with van der Waals surface area (Å²) < 4.78 is 10.8. The van der Waals surface area contributed by atoms with Gasteiger partial charge in [-0.2, -0.15) is 0 Å². The summed E-state index contributed by atoms with van der Waals surface area (Å²) in [6.07, 6.45) is 1.42. The van der Waals surface area contributed by atoms with Gasteiger partial charge in [-0.15, -0.1) is 0 Å². The minimum absolute atomic E-state index is 0.0699. The zero-order valence-corrected chi connectivity index (χ0v) is 16.7. The zero-order valence-electron chi connectivity index (χ0n) is 16.7. The van der Waals surface area contributed by atoms with Gasteiger partial charge in [-0.1, -0.05) is 30.3 Å². The van der Waals surface area contributed by atoms with Crippen molar-refractivity contribution in [2.75, 3.05) is 31.7 Å². The molecule has 7 heteroatoms. The second kappa shape index (κ2) is 9.28. The van der Waals surface area contributed by atoms with Crippen LogP contribution >= 0.6 is 0 Å². The summed E-state index contributed by atoms with van der Waals surface area (Å²) >= 11 is 0. The van der Waals surface area contributed by atoms with E-state index in [1.807, 2.05) is 18.2 Å². The molecule has 1 saturated carbocycles. The molecule has 2 fully saturated rings. The molecule has 2 amide bonds. The number of carbonyl (C=O) groups excluding carboxylic acids is 2. The standard InChI is InChI=1S/C23H26N2O5/c26-21(14-30-19-4-2-1-3-5-19)24-18-10-8-17(9-11-18)23(28)20-13-29-15-22(27)25(20)12-16-6-7-16/h1-5,8-11,16,20,23,28H,6-7,12-15H2,(H,24,26)/t20-,23-/m1/s1. The molecule has 0 unspecified atom stereocenters. The van der Waals surface area contributed by atoms with Crippen LogP contribution in [0.2, 0.25) is 0 Å². The van der Waals surface area contributed by atoms with Gasteiger partial charge in [0.25, 0.3) is 5.91 Å². The molecule has 0 spiro atoms. The van der Waals surface area contributed by atoms with Crippen LogP contribution in [0.1, 0.15) is 24.5 Å². The van der Waals surface area contributed by atoms with Crippen LogP contribution in [0.3, 0.4) is 0 Å². The van der Waals surface area contributed by atoms with E-state index in [9.17, 15) is 14.7 Å². The smallest absolute Gasteiger partial charge is 0.262 e. The molecule has 1 heterocycles. The van der Waals surface area contributed by atoms with Crippen LogP contribution in [0.25, 0.3) is 0 Å². The summed E-state index contributed by atoms with van der Waals surface area (Å²) in [7, 11) is 0. The molecule has 4 rings (SSSR count). The summed E-state index contributed by atoms with van der Waals surface area (Å²) in [4.78, 5) is 26.1. The molecule has 7 nitrogen and oxygen atoms in total. The van der Waals surface area contributed by atoms with E-state index in [2.05, 4.69) is 5.32 Å². The second-order valence-electron chi connectivity index (χ2n) is 7.79. The molecule has 2 aromatic carbocycles. The van der Waals surface area contributed by atoms with Crippen molar-refractivity contribution >= 4 is 17.5 Å². The highest BCUT2D eigenvalue weighted by Gasteiger charge is 2.37. The van der Waals surface area contributed by atoms with Crippen molar-refractivity contribution in [1.82, 2.24) is 4.90 Å². The molecule has 2 aromatic rings. The van der Waals surface area contributed by atoms with Gasteiger partial charge in [-0.3, -0.25) is 9.59 Å². The number of anilines is 1. The number of ether oxygens (including phenoxy) is 2. The molecular weight excluding hydrogens is 384 g/mol. The van der Waals surface area contributed by atoms with Crippen LogP contribution < -0.4 is 10.1 Å². The summed E-state index contributed by atoms with van der Waals surface area (Å²) in [6, 6.07) is 15.7. The van der Waals surface area contributed by atoms with Crippen LogP contribution in [-0.4, -0.2) is 54.2 Å². The van der Waals surface area contributed by atoms with Crippen LogP contribution in [-0.2, 0) is 14.3 Å². The first-order chi connectivity index (χ1) is 14.6. The van der Waals surface area contributed by atoms with Gasteiger partial charge >= 0.3 is 0 Å². The normalized spacial score (nSPS) is 20.0. The van der Waals surface area contributed by atoms with E-state index in [0.29, 0.717) is 36.1 Å². The Bertz CT molecular complexity index is 867. The molecule has 2 aliphatic rings. The third kappa shape index (κ3) is 5.17. The summed E-state index contributed by atoms with van der Waals surface area (Å²) in [5.41, 5.74) is 1.29. The Hall–Kier alpha value is -2.90. The molecule has 0 aromatic heterocycles. The molecule has 1 saturated heterocycles. The first kappa shape index (κ1) is 20.4. The van der Waals surface area contributed by atoms with Gasteiger partial charge < -0.3 is 24.8 Å². The van der Waals surface area contributed by atoms with Crippen LogP contribution in [0.5, 0.6) is 5.75 Å². The summed E-state index contributed by atoms with van der Waals surface area (Å²) in [5.74, 6) is 0.831. The third-order valence-electron chi connectivity index (χ3n) is 5.40. The van der Waals surface area contributed by atoms with Gasteiger partial charge in [0.2, 0.25) is 5.91 Å². The van der Waals surface area contributed by atoms with E-state index in [4.69, 9.17) is 9.47 Å². The number of aliphatic hydroxyl groups excluding tert-OH is 1. The van der Waals surface area contributed by atoms with Crippen molar-refractivity contribution in [3.8, 4) is 5.75 Å². The molecule has 2 atom stereocenters. The van der Waals surface area contributed by atoms with E-state index >= 15 is 0 Å². The lowest BCUT2D eigenvalue weighted by Gasteiger charge is -2.38. The number of para-hydroxylation sites is 1. The fraction of sp³-hybridized carbons (Fsp3) is 0.391. The van der Waals surface area contributed by atoms with E-state index in [1.165, 1.54) is 0 Å². The molecule has 158 valence electrons. The van der Waals surface area contributed by atoms with Gasteiger partial charge in [0.05, 0.1) is 12.6 Å². The average molecular weight is 410 g/mol. The van der Waals surface area contributed by atoms with Crippen molar-refractivity contribution in [1.29, 1.82) is 0 Å². The molecule has 30 heavy (non-hydrogen) atoms. The van der Waals surface area contributed by atoms with E-state index < -0.39 is 12.1 Å². The van der Waals surface area contributed by atoms with Gasteiger partial charge in [0.15, 0.2) is 6.61 Å². The minimum atomic E-state index is -0.848. The largest absolute Gasteiger partial charge is 0.484 e. The van der Waals surface area contributed by atoms with Crippen molar-refractivity contribution in [2.45, 2.75) is 25.0 Å². The lowest BCUT2D eigenvalue weighted by atomic mass is 9.99. The first-order valence-electron chi connectivity index (χ1n) is 10.2. The molecule has 2 N–H and O–H groups in total. The second-order valence-corrected chi connectivity index (χ2v) is 7.79. The topological polar surface area (TPSA) is 88.1 Å². The number of morpholine rings is 1. The van der Waals surface area contributed by atoms with Gasteiger partial charge in [-0.25, -0.2) is 0 Å². The van der Waals surface area contributed by atoms with Crippen LogP contribution in [0.15, 0.2) is 54.6 Å². The maximum Gasteiger partial charge on any atom is 0.262 e. The molecule has 0 bridgehead atoms. The van der Waals surface area contributed by atoms with Gasteiger partial charge in [0, 0.05) is 12.2 Å². The van der Waals surface area contributed by atoms with Crippen molar-refractivity contribution in [2.24, 2.45) is 5.92 Å². The predicted octanol–water partition coefficient (Wildman–Crippen LogP) is 2.37. The SMILES string of the molecule is O=C(COc1ccccc1)Nc1ccc([C@@H](O)[C@H]2COCC(=O)N2CC2CC2)cc1. The fourth-order valence-corrected chi connectivity index (χ4v) is 3.55. The number of hydrogen-bond acceptors (Lipinski definition) is 5. The Kier molecular flexibility index (Phi) is 6.30. The van der Waals surface area contributed by atoms with E-state index in [1.54, 1.807) is 41.3 Å². The van der Waals surface area contributed by atoms with Crippen molar-refractivity contribution in [3.63, 3.8) is 0 Å². The molecular formula is C23H26N2O5. The lowest BCUT2D eigenvalue weighted by molar-refractivity contribution is -0.154. The maximum atomic E-state index is 12.3. The Morgan fingerprint density at radius 1 is 1.17 bits per heavy atom. The quantitative estimate of drug-likeness (QED) is 0.698. The highest BCUT2D eigenvalue weighted by Crippen LogP contribution is 2.33. The zero-order chi connectivity index (χ0) is 20.9. The Morgan fingerprint density at radius 3 is 2.60 bits per heavy atom. The van der Waals surface area contributed by atoms with E-state index in [-0.39, 0.29) is 25.0 Å². The number of nitrogens with zero attached hydrogens (tertiary/aromatic N) is 1.